The number of amides is 4. The molecule has 54 valence electrons. The van der Waals surface area contributed by atoms with E-state index in [4.69, 9.17) is 0 Å². The topological polar surface area (TPSA) is 97.3 Å². The Hall–Kier alpha value is -1.34. The van der Waals surface area contributed by atoms with Crippen LogP contribution in [0.3, 0.4) is 0 Å². The van der Waals surface area contributed by atoms with Crippen LogP contribution in [-0.4, -0.2) is 23.7 Å². The van der Waals surface area contributed by atoms with Gasteiger partial charge in [0.25, 0.3) is 0 Å². The first-order valence-corrected chi connectivity index (χ1v) is 2.34. The molecule has 0 aliphatic carbocycles. The van der Waals surface area contributed by atoms with Crippen molar-refractivity contribution in [1.29, 1.82) is 0 Å². The van der Waals surface area contributed by atoms with Crippen molar-refractivity contribution in [2.45, 2.75) is 0 Å². The maximum Gasteiger partial charge on any atom is 0.372 e. The zero-order valence-corrected chi connectivity index (χ0v) is 4.85. The quantitative estimate of drug-likeness (QED) is 0.544. The van der Waals surface area contributed by atoms with E-state index >= 15 is 0 Å². The van der Waals surface area contributed by atoms with E-state index in [0.717, 1.165) is 0 Å². The minimum Gasteiger partial charge on any atom is -0.282 e. The predicted octanol–water partition coefficient (Wildman–Crippen LogP) is -0.158. The molecule has 0 aromatic rings. The number of nitrogens with two attached hydrogens (primary N) is 1. The van der Waals surface area contributed by atoms with Crippen LogP contribution in [0, 0.1) is 0 Å². The second kappa shape index (κ2) is 2.50. The summed E-state index contributed by atoms with van der Waals surface area (Å²) in [6.45, 7) is -0.315. The lowest BCUT2D eigenvalue weighted by Gasteiger charge is -2.05. The van der Waals surface area contributed by atoms with Gasteiger partial charge in [-0.15, -0.1) is 0 Å². The van der Waals surface area contributed by atoms with Crippen LogP contribution in [0.2, 0.25) is 0 Å². The third kappa shape index (κ3) is 0.993. The summed E-state index contributed by atoms with van der Waals surface area (Å²) < 4.78 is 0. The standard InChI is InChI=1S/C3H4N4O3/c4-10-1-7-2(8)5-6-3(7)9/h1,4H2. The highest BCUT2D eigenvalue weighted by Gasteiger charge is 2.26. The first-order valence-electron chi connectivity index (χ1n) is 2.34. The fourth-order valence-corrected chi connectivity index (χ4v) is 0.460. The highest BCUT2D eigenvalue weighted by atomic mass is 16.6. The Morgan fingerprint density at radius 2 is 1.90 bits per heavy atom. The molecule has 0 saturated heterocycles. The molecule has 1 aliphatic rings. The van der Waals surface area contributed by atoms with Crippen molar-refractivity contribution in [3.8, 4) is 0 Å². The summed E-state index contributed by atoms with van der Waals surface area (Å²) in [5.74, 6) is 4.60. The molecule has 7 heteroatoms. The van der Waals surface area contributed by atoms with Crippen molar-refractivity contribution in [2.24, 2.45) is 16.1 Å². The van der Waals surface area contributed by atoms with Crippen LogP contribution in [0.5, 0.6) is 0 Å². The maximum absolute atomic E-state index is 10.5. The van der Waals surface area contributed by atoms with Gasteiger partial charge in [-0.25, -0.2) is 20.4 Å². The first kappa shape index (κ1) is 6.78. The van der Waals surface area contributed by atoms with Gasteiger partial charge in [0.15, 0.2) is 6.73 Å². The number of urea groups is 2. The second-order valence-corrected chi connectivity index (χ2v) is 1.49. The number of hydrogen-bond donors (Lipinski definition) is 1. The molecule has 1 rings (SSSR count). The van der Waals surface area contributed by atoms with Crippen LogP contribution in [0.1, 0.15) is 0 Å². The maximum atomic E-state index is 10.5. The molecule has 0 fully saturated rings. The number of hydrogen-bond acceptors (Lipinski definition) is 4. The van der Waals surface area contributed by atoms with Crippen LogP contribution in [0.4, 0.5) is 9.59 Å². The van der Waals surface area contributed by atoms with Crippen LogP contribution in [0.25, 0.3) is 0 Å². The van der Waals surface area contributed by atoms with Crippen molar-refractivity contribution >= 4 is 12.1 Å². The number of azo groups is 1. The SMILES string of the molecule is NOCN1C(=O)N=NC1=O. The first-order chi connectivity index (χ1) is 4.75. The molecule has 0 radical (unpaired) electrons. The van der Waals surface area contributed by atoms with E-state index in [1.165, 1.54) is 0 Å². The number of rotatable bonds is 2. The fourth-order valence-electron chi connectivity index (χ4n) is 0.460. The van der Waals surface area contributed by atoms with Gasteiger partial charge in [0.2, 0.25) is 0 Å². The van der Waals surface area contributed by atoms with Crippen molar-refractivity contribution in [2.75, 3.05) is 6.73 Å². The Bertz CT molecular complexity index is 182. The van der Waals surface area contributed by atoms with Crippen LogP contribution in [0.15, 0.2) is 10.2 Å². The summed E-state index contributed by atoms with van der Waals surface area (Å²) in [6, 6.07) is -1.51. The van der Waals surface area contributed by atoms with Gasteiger partial charge in [0.1, 0.15) is 0 Å². The van der Waals surface area contributed by atoms with Crippen LogP contribution >= 0.6 is 0 Å². The molecule has 7 nitrogen and oxygen atoms in total. The number of carbonyl (C=O) groups excluding carboxylic acids is 2. The summed E-state index contributed by atoms with van der Waals surface area (Å²) in [7, 11) is 0. The average Bonchev–Trinajstić information content (AvgIpc) is 2.20. The van der Waals surface area contributed by atoms with Gasteiger partial charge in [0.05, 0.1) is 0 Å². The van der Waals surface area contributed by atoms with E-state index in [0.29, 0.717) is 4.90 Å². The van der Waals surface area contributed by atoms with Gasteiger partial charge in [-0.3, -0.25) is 4.84 Å². The highest BCUT2D eigenvalue weighted by molar-refractivity contribution is 5.98. The van der Waals surface area contributed by atoms with Crippen molar-refractivity contribution < 1.29 is 14.4 Å². The average molecular weight is 144 g/mol. The van der Waals surface area contributed by atoms with E-state index in [-0.39, 0.29) is 6.73 Å². The third-order valence-electron chi connectivity index (χ3n) is 0.887. The summed E-state index contributed by atoms with van der Waals surface area (Å²) >= 11 is 0. The molecular weight excluding hydrogens is 140 g/mol. The van der Waals surface area contributed by atoms with E-state index < -0.39 is 12.1 Å². The normalized spacial score (nSPS) is 17.1. The Kier molecular flexibility index (Phi) is 1.69. The molecule has 0 unspecified atom stereocenters. The molecule has 0 aromatic carbocycles. The fraction of sp³-hybridized carbons (Fsp3) is 0.333. The Labute approximate surface area is 55.4 Å². The van der Waals surface area contributed by atoms with Crippen molar-refractivity contribution in [3.63, 3.8) is 0 Å². The van der Waals surface area contributed by atoms with Gasteiger partial charge in [-0.2, -0.15) is 0 Å². The molecule has 0 aromatic heterocycles. The predicted molar refractivity (Wildman–Crippen MR) is 27.6 cm³/mol. The van der Waals surface area contributed by atoms with Gasteiger partial charge in [-0.1, -0.05) is 10.2 Å². The van der Waals surface area contributed by atoms with Crippen molar-refractivity contribution in [1.82, 2.24) is 4.90 Å². The lowest BCUT2D eigenvalue weighted by molar-refractivity contribution is 0.0701. The van der Waals surface area contributed by atoms with E-state index in [1.54, 1.807) is 0 Å². The molecule has 0 atom stereocenters. The van der Waals surface area contributed by atoms with E-state index in [2.05, 4.69) is 21.0 Å². The molecule has 0 bridgehead atoms. The summed E-state index contributed by atoms with van der Waals surface area (Å²) in [5, 5.41) is 5.89. The Morgan fingerprint density at radius 1 is 1.40 bits per heavy atom. The zero-order chi connectivity index (χ0) is 7.56. The smallest absolute Gasteiger partial charge is 0.282 e. The summed E-state index contributed by atoms with van der Waals surface area (Å²) in [5.41, 5.74) is 0. The molecule has 0 saturated carbocycles. The number of imide groups is 1. The molecule has 10 heavy (non-hydrogen) atoms. The monoisotopic (exact) mass is 144 g/mol. The van der Waals surface area contributed by atoms with E-state index in [1.807, 2.05) is 0 Å². The molecule has 1 aliphatic heterocycles. The second-order valence-electron chi connectivity index (χ2n) is 1.49. The molecule has 4 amide bonds. The van der Waals surface area contributed by atoms with Gasteiger partial charge < -0.3 is 0 Å². The Balaban J connectivity index is 2.60. The molecule has 0 spiro atoms. The van der Waals surface area contributed by atoms with E-state index in [9.17, 15) is 9.59 Å². The minimum atomic E-state index is -0.754. The van der Waals surface area contributed by atoms with Crippen LogP contribution in [-0.2, 0) is 4.84 Å². The zero-order valence-electron chi connectivity index (χ0n) is 4.85. The molecular formula is C3H4N4O3. The van der Waals surface area contributed by atoms with Crippen LogP contribution < -0.4 is 5.90 Å². The molecule has 2 N–H and O–H groups in total. The van der Waals surface area contributed by atoms with Gasteiger partial charge in [-0.05, 0) is 0 Å². The summed E-state index contributed by atoms with van der Waals surface area (Å²) in [4.78, 5) is 25.7. The lowest BCUT2D eigenvalue weighted by atomic mass is 10.8. The number of nitrogens with zero attached hydrogens (tertiary/aromatic N) is 3. The minimum absolute atomic E-state index is 0.315. The number of carbonyl (C=O) groups is 2. The largest absolute Gasteiger partial charge is 0.372 e. The van der Waals surface area contributed by atoms with Gasteiger partial charge >= 0.3 is 12.1 Å². The lowest BCUT2D eigenvalue weighted by Crippen LogP contribution is -2.31. The summed E-state index contributed by atoms with van der Waals surface area (Å²) in [6.07, 6.45) is 0. The Morgan fingerprint density at radius 3 is 2.30 bits per heavy atom. The molecule has 1 heterocycles. The highest BCUT2D eigenvalue weighted by Crippen LogP contribution is 2.05. The third-order valence-corrected chi connectivity index (χ3v) is 0.887. The van der Waals surface area contributed by atoms with Crippen molar-refractivity contribution in [3.05, 3.63) is 0 Å². The van der Waals surface area contributed by atoms with Gasteiger partial charge in [0, 0.05) is 0 Å².